The predicted molar refractivity (Wildman–Crippen MR) is 72.7 cm³/mol. The monoisotopic (exact) mass is 250 g/mol. The molecular weight excluding hydrogens is 228 g/mol. The van der Waals surface area contributed by atoms with Crippen molar-refractivity contribution in [1.29, 1.82) is 0 Å². The Kier molecular flexibility index (Phi) is 2.69. The Bertz CT molecular complexity index is 485. The van der Waals surface area contributed by atoms with E-state index >= 15 is 0 Å². The van der Waals surface area contributed by atoms with Gasteiger partial charge in [-0.05, 0) is 70.0 Å². The molecule has 0 saturated heterocycles. The highest BCUT2D eigenvalue weighted by Gasteiger charge is 2.42. The van der Waals surface area contributed by atoms with Crippen molar-refractivity contribution in [3.8, 4) is 0 Å². The maximum Gasteiger partial charge on any atom is 0.177 e. The lowest BCUT2D eigenvalue weighted by Crippen LogP contribution is -2.22. The van der Waals surface area contributed by atoms with Gasteiger partial charge >= 0.3 is 0 Å². The molecule has 0 radical (unpaired) electrons. The molecule has 1 aromatic rings. The number of aromatic nitrogens is 2. The summed E-state index contributed by atoms with van der Waals surface area (Å²) in [6.45, 7) is 6.67. The predicted octanol–water partition coefficient (Wildman–Crippen LogP) is 4.16. The Morgan fingerprint density at radius 1 is 1.29 bits per heavy atom. The number of aromatic amines is 1. The largest absolute Gasteiger partial charge is 0.335 e. The Morgan fingerprint density at radius 3 is 2.53 bits per heavy atom. The normalized spacial score (nSPS) is 33.2. The van der Waals surface area contributed by atoms with Crippen LogP contribution in [0.3, 0.4) is 0 Å². The van der Waals surface area contributed by atoms with E-state index < -0.39 is 0 Å². The minimum Gasteiger partial charge on any atom is -0.335 e. The highest BCUT2D eigenvalue weighted by atomic mass is 32.1. The van der Waals surface area contributed by atoms with Gasteiger partial charge in [-0.15, -0.1) is 0 Å². The molecule has 2 fully saturated rings. The van der Waals surface area contributed by atoms with Crippen LogP contribution >= 0.6 is 12.2 Å². The van der Waals surface area contributed by atoms with Crippen LogP contribution in [-0.4, -0.2) is 9.55 Å². The lowest BCUT2D eigenvalue weighted by Gasteiger charge is -2.29. The van der Waals surface area contributed by atoms with Crippen LogP contribution in [0.15, 0.2) is 0 Å². The van der Waals surface area contributed by atoms with Crippen LogP contribution in [0.2, 0.25) is 0 Å². The molecular formula is C14H22N2S. The van der Waals surface area contributed by atoms with Crippen molar-refractivity contribution in [3.63, 3.8) is 0 Å². The highest BCUT2D eigenvalue weighted by molar-refractivity contribution is 7.71. The Balaban J connectivity index is 1.91. The Labute approximate surface area is 108 Å². The number of nitrogens with zero attached hydrogens (tertiary/aromatic N) is 1. The first-order chi connectivity index (χ1) is 8.08. The molecule has 2 bridgehead atoms. The van der Waals surface area contributed by atoms with E-state index in [2.05, 4.69) is 30.3 Å². The summed E-state index contributed by atoms with van der Waals surface area (Å²) in [5.74, 6) is 2.84. The van der Waals surface area contributed by atoms with Gasteiger partial charge in [0.1, 0.15) is 0 Å². The van der Waals surface area contributed by atoms with Crippen LogP contribution in [0.25, 0.3) is 0 Å². The number of nitrogens with one attached hydrogen (secondary N) is 1. The molecule has 4 atom stereocenters. The number of aryl methyl sites for hydroxylation is 1. The van der Waals surface area contributed by atoms with Gasteiger partial charge in [0.05, 0.1) is 0 Å². The summed E-state index contributed by atoms with van der Waals surface area (Å²) >= 11 is 5.47. The van der Waals surface area contributed by atoms with E-state index in [4.69, 9.17) is 12.2 Å². The van der Waals surface area contributed by atoms with Crippen LogP contribution in [0, 0.1) is 36.4 Å². The summed E-state index contributed by atoms with van der Waals surface area (Å²) < 4.78 is 3.27. The van der Waals surface area contributed by atoms with Crippen LogP contribution in [0.1, 0.15) is 50.0 Å². The molecule has 1 heterocycles. The zero-order valence-corrected chi connectivity index (χ0v) is 11.8. The minimum absolute atomic E-state index is 0.572. The van der Waals surface area contributed by atoms with E-state index in [9.17, 15) is 0 Å². The van der Waals surface area contributed by atoms with E-state index in [1.165, 1.54) is 37.1 Å². The number of rotatable bonds is 2. The van der Waals surface area contributed by atoms with E-state index in [-0.39, 0.29) is 0 Å². The van der Waals surface area contributed by atoms with Crippen molar-refractivity contribution in [1.82, 2.24) is 9.55 Å². The van der Waals surface area contributed by atoms with Gasteiger partial charge in [0.2, 0.25) is 0 Å². The summed E-state index contributed by atoms with van der Waals surface area (Å²) in [7, 11) is 0. The van der Waals surface area contributed by atoms with Gasteiger partial charge in [0.15, 0.2) is 4.77 Å². The third kappa shape index (κ3) is 1.70. The number of imidazole rings is 1. The third-order valence-electron chi connectivity index (χ3n) is 5.24. The molecule has 0 aliphatic heterocycles. The summed E-state index contributed by atoms with van der Waals surface area (Å²) in [4.78, 5) is 3.30. The minimum atomic E-state index is 0.572. The Morgan fingerprint density at radius 2 is 2.06 bits per heavy atom. The molecule has 94 valence electrons. The van der Waals surface area contributed by atoms with Crippen molar-refractivity contribution in [2.45, 2.75) is 52.5 Å². The molecule has 4 unspecified atom stereocenters. The first-order valence-electron chi connectivity index (χ1n) is 6.85. The smallest absolute Gasteiger partial charge is 0.177 e. The van der Waals surface area contributed by atoms with Crippen LogP contribution < -0.4 is 0 Å². The van der Waals surface area contributed by atoms with Crippen LogP contribution in [-0.2, 0) is 0 Å². The SMILES string of the molecule is Cc1[nH]c(=S)n(C(C)C2CC3CCC2C3)c1C. The van der Waals surface area contributed by atoms with Crippen molar-refractivity contribution < 1.29 is 0 Å². The van der Waals surface area contributed by atoms with Gasteiger partial charge in [0, 0.05) is 17.4 Å². The van der Waals surface area contributed by atoms with Crippen molar-refractivity contribution >= 4 is 12.2 Å². The van der Waals surface area contributed by atoms with E-state index in [0.717, 1.165) is 22.5 Å². The van der Waals surface area contributed by atoms with Crippen LogP contribution in [0.4, 0.5) is 0 Å². The van der Waals surface area contributed by atoms with Gasteiger partial charge < -0.3 is 9.55 Å². The molecule has 2 saturated carbocycles. The van der Waals surface area contributed by atoms with Crippen molar-refractivity contribution in [3.05, 3.63) is 16.2 Å². The molecule has 3 rings (SSSR count). The second kappa shape index (κ2) is 3.98. The summed E-state index contributed by atoms with van der Waals surface area (Å²) in [5, 5.41) is 0. The second-order valence-electron chi connectivity index (χ2n) is 6.09. The average molecular weight is 250 g/mol. The molecule has 17 heavy (non-hydrogen) atoms. The average Bonchev–Trinajstić information content (AvgIpc) is 2.94. The molecule has 0 aromatic carbocycles. The lowest BCUT2D eigenvalue weighted by atomic mass is 9.84. The Hall–Kier alpha value is -0.570. The van der Waals surface area contributed by atoms with E-state index in [0.29, 0.717) is 6.04 Å². The highest BCUT2D eigenvalue weighted by Crippen LogP contribution is 2.52. The topological polar surface area (TPSA) is 20.7 Å². The fraction of sp³-hybridized carbons (Fsp3) is 0.786. The number of H-pyrrole nitrogens is 1. The van der Waals surface area contributed by atoms with Crippen molar-refractivity contribution in [2.24, 2.45) is 17.8 Å². The third-order valence-corrected chi connectivity index (χ3v) is 5.54. The summed E-state index contributed by atoms with van der Waals surface area (Å²) in [6, 6.07) is 0.572. The van der Waals surface area contributed by atoms with Gasteiger partial charge in [0.25, 0.3) is 0 Å². The van der Waals surface area contributed by atoms with Gasteiger partial charge in [-0.3, -0.25) is 0 Å². The van der Waals surface area contributed by atoms with Gasteiger partial charge in [-0.2, -0.15) is 0 Å². The standard InChI is InChI=1S/C14H22N2S/c1-8-9(2)16(14(17)15-8)10(3)13-7-11-4-5-12(13)6-11/h10-13H,4-7H2,1-3H3,(H,15,17). The fourth-order valence-electron chi connectivity index (χ4n) is 4.21. The first kappa shape index (κ1) is 11.5. The molecule has 1 N–H and O–H groups in total. The van der Waals surface area contributed by atoms with Crippen LogP contribution in [0.5, 0.6) is 0 Å². The first-order valence-corrected chi connectivity index (χ1v) is 7.26. The lowest BCUT2D eigenvalue weighted by molar-refractivity contribution is 0.239. The van der Waals surface area contributed by atoms with Gasteiger partial charge in [-0.1, -0.05) is 6.42 Å². The zero-order chi connectivity index (χ0) is 12.2. The summed E-state index contributed by atoms with van der Waals surface area (Å²) in [6.07, 6.45) is 5.84. The summed E-state index contributed by atoms with van der Waals surface area (Å²) in [5.41, 5.74) is 2.55. The molecule has 2 nitrogen and oxygen atoms in total. The fourth-order valence-corrected chi connectivity index (χ4v) is 4.67. The quantitative estimate of drug-likeness (QED) is 0.782. The molecule has 2 aliphatic rings. The molecule has 2 aliphatic carbocycles. The van der Waals surface area contributed by atoms with Gasteiger partial charge in [-0.25, -0.2) is 0 Å². The molecule has 0 amide bonds. The maximum absolute atomic E-state index is 5.47. The molecule has 3 heteroatoms. The van der Waals surface area contributed by atoms with E-state index in [1.54, 1.807) is 0 Å². The molecule has 1 aromatic heterocycles. The zero-order valence-electron chi connectivity index (χ0n) is 11.0. The number of fused-ring (bicyclic) bond motifs is 2. The van der Waals surface area contributed by atoms with Crippen molar-refractivity contribution in [2.75, 3.05) is 0 Å². The number of hydrogen-bond acceptors (Lipinski definition) is 1. The maximum atomic E-state index is 5.47. The molecule has 0 spiro atoms. The van der Waals surface area contributed by atoms with E-state index in [1.807, 2.05) is 0 Å². The number of hydrogen-bond donors (Lipinski definition) is 1. The second-order valence-corrected chi connectivity index (χ2v) is 6.48.